The van der Waals surface area contributed by atoms with E-state index in [1.165, 1.54) is 25.4 Å². The fraction of sp³-hybridized carbons (Fsp3) is 0.231. The van der Waals surface area contributed by atoms with Crippen molar-refractivity contribution >= 4 is 38.9 Å². The molecule has 16 heavy (non-hydrogen) atoms. The summed E-state index contributed by atoms with van der Waals surface area (Å²) < 4.78 is 1.25. The molecule has 0 saturated carbocycles. The van der Waals surface area contributed by atoms with Gasteiger partial charge in [0.2, 0.25) is 0 Å². The highest BCUT2D eigenvalue weighted by atomic mass is 79.9. The Labute approximate surface area is 113 Å². The average Bonchev–Trinajstić information content (AvgIpc) is 2.48. The van der Waals surface area contributed by atoms with Crippen LogP contribution in [0, 0.1) is 13.8 Å². The Morgan fingerprint density at radius 2 is 1.75 bits per heavy atom. The summed E-state index contributed by atoms with van der Waals surface area (Å²) in [5.74, 6) is 0. The van der Waals surface area contributed by atoms with E-state index in [0.717, 1.165) is 11.4 Å². The van der Waals surface area contributed by atoms with Gasteiger partial charge in [0.25, 0.3) is 0 Å². The van der Waals surface area contributed by atoms with Crippen LogP contribution in [0.4, 0.5) is 0 Å². The minimum absolute atomic E-state index is 0.793. The first-order valence-electron chi connectivity index (χ1n) is 5.06. The Hall–Kier alpha value is -0.310. The Morgan fingerprint density at radius 3 is 2.25 bits per heavy atom. The van der Waals surface area contributed by atoms with Crippen molar-refractivity contribution in [3.63, 3.8) is 0 Å². The Bertz CT molecular complexity index is 499. The van der Waals surface area contributed by atoms with E-state index < -0.39 is 0 Å². The fourth-order valence-corrected chi connectivity index (χ4v) is 3.62. The molecule has 0 amide bonds. The van der Waals surface area contributed by atoms with Crippen molar-refractivity contribution in [1.82, 2.24) is 0 Å². The molecule has 0 fully saturated rings. The van der Waals surface area contributed by atoms with Crippen molar-refractivity contribution in [3.8, 4) is 0 Å². The molecule has 0 radical (unpaired) electrons. The first-order chi connectivity index (χ1) is 7.58. The lowest BCUT2D eigenvalue weighted by Crippen LogP contribution is -1.88. The molecule has 1 aromatic heterocycles. The second-order valence-electron chi connectivity index (χ2n) is 3.81. The molecule has 0 unspecified atom stereocenters. The molecular formula is C13H12BrClS. The van der Waals surface area contributed by atoms with E-state index in [1.54, 1.807) is 0 Å². The zero-order valence-corrected chi connectivity index (χ0v) is 12.3. The molecule has 84 valence electrons. The third kappa shape index (κ3) is 2.50. The van der Waals surface area contributed by atoms with E-state index in [-0.39, 0.29) is 0 Å². The van der Waals surface area contributed by atoms with Crippen LogP contribution >= 0.6 is 38.9 Å². The summed E-state index contributed by atoms with van der Waals surface area (Å²) in [5, 5.41) is 0.793. The van der Waals surface area contributed by atoms with Crippen molar-refractivity contribution in [3.05, 3.63) is 54.6 Å². The smallest absolute Gasteiger partial charge is 0.0406 e. The number of halogens is 2. The molecule has 3 heteroatoms. The summed E-state index contributed by atoms with van der Waals surface area (Å²) in [4.78, 5) is 2.74. The lowest BCUT2D eigenvalue weighted by Gasteiger charge is -2.02. The normalized spacial score (nSPS) is 10.8. The first-order valence-corrected chi connectivity index (χ1v) is 7.05. The summed E-state index contributed by atoms with van der Waals surface area (Å²) in [6, 6.07) is 8.06. The number of thiophene rings is 1. The third-order valence-electron chi connectivity index (χ3n) is 2.60. The topological polar surface area (TPSA) is 0 Å². The molecule has 0 aliphatic rings. The molecule has 0 saturated heterocycles. The van der Waals surface area contributed by atoms with Gasteiger partial charge in [0, 0.05) is 19.2 Å². The largest absolute Gasteiger partial charge is 0.144 e. The van der Waals surface area contributed by atoms with Crippen LogP contribution in [0.3, 0.4) is 0 Å². The van der Waals surface area contributed by atoms with Gasteiger partial charge in [-0.05, 0) is 59.5 Å². The van der Waals surface area contributed by atoms with Gasteiger partial charge < -0.3 is 0 Å². The van der Waals surface area contributed by atoms with E-state index in [1.807, 2.05) is 23.5 Å². The maximum absolute atomic E-state index is 5.87. The van der Waals surface area contributed by atoms with Crippen LogP contribution in [0.1, 0.15) is 20.9 Å². The van der Waals surface area contributed by atoms with Crippen LogP contribution in [0.25, 0.3) is 0 Å². The molecule has 0 spiro atoms. The highest BCUT2D eigenvalue weighted by Crippen LogP contribution is 2.33. The summed E-state index contributed by atoms with van der Waals surface area (Å²) in [6.07, 6.45) is 0.966. The minimum atomic E-state index is 0.793. The maximum atomic E-state index is 5.87. The van der Waals surface area contributed by atoms with Gasteiger partial charge in [0.1, 0.15) is 0 Å². The standard InChI is InChI=1S/C13H12BrClS/c1-8-12(13(14)9(2)16-8)7-10-3-5-11(15)6-4-10/h3-6H,7H2,1-2H3. The summed E-state index contributed by atoms with van der Waals surface area (Å²) in [5.41, 5.74) is 2.69. The second kappa shape index (κ2) is 4.91. The molecule has 2 rings (SSSR count). The van der Waals surface area contributed by atoms with Gasteiger partial charge in [0.05, 0.1) is 0 Å². The highest BCUT2D eigenvalue weighted by molar-refractivity contribution is 9.10. The van der Waals surface area contributed by atoms with Crippen molar-refractivity contribution in [1.29, 1.82) is 0 Å². The van der Waals surface area contributed by atoms with Gasteiger partial charge >= 0.3 is 0 Å². The van der Waals surface area contributed by atoms with E-state index in [2.05, 4.69) is 41.9 Å². The number of hydrogen-bond acceptors (Lipinski definition) is 1. The van der Waals surface area contributed by atoms with Crippen LogP contribution in [-0.2, 0) is 6.42 Å². The monoisotopic (exact) mass is 314 g/mol. The van der Waals surface area contributed by atoms with Gasteiger partial charge in [-0.15, -0.1) is 11.3 Å². The predicted octanol–water partition coefficient (Wildman–Crippen LogP) is 5.37. The molecule has 1 heterocycles. The van der Waals surface area contributed by atoms with Gasteiger partial charge in [-0.25, -0.2) is 0 Å². The second-order valence-corrected chi connectivity index (χ2v) is 6.47. The Kier molecular flexibility index (Phi) is 3.73. The van der Waals surface area contributed by atoms with Crippen LogP contribution < -0.4 is 0 Å². The lowest BCUT2D eigenvalue weighted by atomic mass is 10.1. The van der Waals surface area contributed by atoms with Gasteiger partial charge in [-0.2, -0.15) is 0 Å². The number of hydrogen-bond donors (Lipinski definition) is 0. The zero-order chi connectivity index (χ0) is 11.7. The molecule has 1 aromatic carbocycles. The van der Waals surface area contributed by atoms with E-state index in [4.69, 9.17) is 11.6 Å². The molecule has 0 nitrogen and oxygen atoms in total. The molecule has 0 aliphatic carbocycles. The minimum Gasteiger partial charge on any atom is -0.144 e. The van der Waals surface area contributed by atoms with Crippen LogP contribution in [0.5, 0.6) is 0 Å². The highest BCUT2D eigenvalue weighted by Gasteiger charge is 2.10. The molecule has 0 bridgehead atoms. The molecule has 2 aromatic rings. The molecule has 0 aliphatic heterocycles. The van der Waals surface area contributed by atoms with Crippen molar-refractivity contribution in [2.24, 2.45) is 0 Å². The average molecular weight is 316 g/mol. The fourth-order valence-electron chi connectivity index (χ4n) is 1.71. The quantitative estimate of drug-likeness (QED) is 0.698. The Morgan fingerprint density at radius 1 is 1.12 bits per heavy atom. The van der Waals surface area contributed by atoms with Crippen molar-refractivity contribution in [2.75, 3.05) is 0 Å². The van der Waals surface area contributed by atoms with Crippen LogP contribution in [-0.4, -0.2) is 0 Å². The molecule has 0 N–H and O–H groups in total. The number of benzene rings is 1. The van der Waals surface area contributed by atoms with Crippen molar-refractivity contribution < 1.29 is 0 Å². The Balaban J connectivity index is 2.30. The van der Waals surface area contributed by atoms with Gasteiger partial charge in [-0.1, -0.05) is 23.7 Å². The van der Waals surface area contributed by atoms with E-state index in [0.29, 0.717) is 0 Å². The SMILES string of the molecule is Cc1sc(C)c(Cc2ccc(Cl)cc2)c1Br. The number of rotatable bonds is 2. The van der Waals surface area contributed by atoms with Crippen molar-refractivity contribution in [2.45, 2.75) is 20.3 Å². The van der Waals surface area contributed by atoms with Gasteiger partial charge in [-0.3, -0.25) is 0 Å². The molecular weight excluding hydrogens is 304 g/mol. The van der Waals surface area contributed by atoms with Crippen LogP contribution in [0.15, 0.2) is 28.7 Å². The first kappa shape index (κ1) is 12.2. The molecule has 0 atom stereocenters. The third-order valence-corrected chi connectivity index (χ3v) is 5.25. The zero-order valence-electron chi connectivity index (χ0n) is 9.18. The van der Waals surface area contributed by atoms with E-state index in [9.17, 15) is 0 Å². The lowest BCUT2D eigenvalue weighted by molar-refractivity contribution is 1.17. The predicted molar refractivity (Wildman–Crippen MR) is 75.8 cm³/mol. The summed E-state index contributed by atoms with van der Waals surface area (Å²) in [7, 11) is 0. The van der Waals surface area contributed by atoms with Crippen LogP contribution in [0.2, 0.25) is 5.02 Å². The summed E-state index contributed by atoms with van der Waals surface area (Å²) in [6.45, 7) is 4.32. The summed E-state index contributed by atoms with van der Waals surface area (Å²) >= 11 is 11.4. The van der Waals surface area contributed by atoms with E-state index >= 15 is 0 Å². The maximum Gasteiger partial charge on any atom is 0.0406 e. The number of aryl methyl sites for hydroxylation is 2. The van der Waals surface area contributed by atoms with Gasteiger partial charge in [0.15, 0.2) is 0 Å².